The van der Waals surface area contributed by atoms with Crippen molar-refractivity contribution in [3.8, 4) is 0 Å². The summed E-state index contributed by atoms with van der Waals surface area (Å²) in [7, 11) is 0. The minimum absolute atomic E-state index is 0.148. The summed E-state index contributed by atoms with van der Waals surface area (Å²) in [5.74, 6) is -1.67. The van der Waals surface area contributed by atoms with Gasteiger partial charge in [-0.25, -0.2) is 0 Å². The van der Waals surface area contributed by atoms with Gasteiger partial charge in [-0.05, 0) is 36.5 Å². The second-order valence-electron chi connectivity index (χ2n) is 5.47. The number of carbonyl (C=O) groups is 2. The first kappa shape index (κ1) is 15.0. The molecule has 0 spiro atoms. The number of nitrogens with one attached hydrogen (secondary N) is 1. The third-order valence-electron chi connectivity index (χ3n) is 3.83. The van der Waals surface area contributed by atoms with E-state index in [1.165, 1.54) is 0 Å². The number of benzene rings is 1. The van der Waals surface area contributed by atoms with Crippen LogP contribution >= 0.6 is 15.9 Å². The van der Waals surface area contributed by atoms with Crippen LogP contribution in [-0.4, -0.2) is 17.0 Å². The summed E-state index contributed by atoms with van der Waals surface area (Å²) in [6.07, 6.45) is 1.24. The maximum absolute atomic E-state index is 12.2. The Hall–Kier alpha value is -1.36. The van der Waals surface area contributed by atoms with Crippen molar-refractivity contribution >= 4 is 27.8 Å². The molecule has 1 aliphatic carbocycles. The molecular formula is C15H18BrNO3. The Kier molecular flexibility index (Phi) is 4.81. The van der Waals surface area contributed by atoms with Gasteiger partial charge in [-0.3, -0.25) is 9.59 Å². The van der Waals surface area contributed by atoms with E-state index in [1.54, 1.807) is 0 Å². The van der Waals surface area contributed by atoms with E-state index in [0.717, 1.165) is 10.0 Å². The molecule has 1 saturated carbocycles. The molecule has 1 fully saturated rings. The van der Waals surface area contributed by atoms with Crippen molar-refractivity contribution in [1.82, 2.24) is 5.32 Å². The zero-order valence-electron chi connectivity index (χ0n) is 11.3. The molecule has 1 aromatic rings. The van der Waals surface area contributed by atoms with Gasteiger partial charge in [-0.2, -0.15) is 0 Å². The Morgan fingerprint density at radius 2 is 1.85 bits per heavy atom. The quantitative estimate of drug-likeness (QED) is 0.886. The predicted molar refractivity (Wildman–Crippen MR) is 79.0 cm³/mol. The minimum atomic E-state index is -0.863. The van der Waals surface area contributed by atoms with Gasteiger partial charge in [0.25, 0.3) is 0 Å². The van der Waals surface area contributed by atoms with Crippen molar-refractivity contribution < 1.29 is 14.7 Å². The highest BCUT2D eigenvalue weighted by molar-refractivity contribution is 9.10. The van der Waals surface area contributed by atoms with Crippen LogP contribution in [0.1, 0.15) is 25.3 Å². The molecule has 2 rings (SSSR count). The Bertz CT molecular complexity index is 500. The van der Waals surface area contributed by atoms with Gasteiger partial charge >= 0.3 is 5.97 Å². The zero-order valence-corrected chi connectivity index (χ0v) is 12.9. The fourth-order valence-corrected chi connectivity index (χ4v) is 3.04. The Morgan fingerprint density at radius 3 is 2.45 bits per heavy atom. The summed E-state index contributed by atoms with van der Waals surface area (Å²) in [5, 5.41) is 12.0. The van der Waals surface area contributed by atoms with E-state index in [4.69, 9.17) is 0 Å². The SMILES string of the molecule is CC1CC(C(=O)O)C(C(=O)NCc2ccc(Br)cc2)C1. The molecule has 2 N–H and O–H groups in total. The highest BCUT2D eigenvalue weighted by Gasteiger charge is 2.40. The van der Waals surface area contributed by atoms with E-state index in [0.29, 0.717) is 25.3 Å². The van der Waals surface area contributed by atoms with E-state index in [1.807, 2.05) is 31.2 Å². The highest BCUT2D eigenvalue weighted by Crippen LogP contribution is 2.36. The second kappa shape index (κ2) is 6.39. The number of amides is 1. The van der Waals surface area contributed by atoms with Gasteiger partial charge in [-0.1, -0.05) is 35.0 Å². The summed E-state index contributed by atoms with van der Waals surface area (Å²) in [6, 6.07) is 7.69. The molecule has 5 heteroatoms. The van der Waals surface area contributed by atoms with Gasteiger partial charge in [0.1, 0.15) is 0 Å². The summed E-state index contributed by atoms with van der Waals surface area (Å²) >= 11 is 3.36. The summed E-state index contributed by atoms with van der Waals surface area (Å²) in [5.41, 5.74) is 1.000. The van der Waals surface area contributed by atoms with Crippen LogP contribution in [0.4, 0.5) is 0 Å². The molecule has 3 unspecified atom stereocenters. The monoisotopic (exact) mass is 339 g/mol. The van der Waals surface area contributed by atoms with E-state index in [2.05, 4.69) is 21.2 Å². The number of hydrogen-bond acceptors (Lipinski definition) is 2. The van der Waals surface area contributed by atoms with Crippen molar-refractivity contribution in [2.24, 2.45) is 17.8 Å². The third kappa shape index (κ3) is 3.60. The number of carbonyl (C=O) groups excluding carboxylic acids is 1. The maximum Gasteiger partial charge on any atom is 0.307 e. The molecular weight excluding hydrogens is 322 g/mol. The number of carboxylic acids is 1. The van der Waals surface area contributed by atoms with Crippen LogP contribution in [0.2, 0.25) is 0 Å². The van der Waals surface area contributed by atoms with Gasteiger partial charge < -0.3 is 10.4 Å². The van der Waals surface area contributed by atoms with Crippen LogP contribution in [0.15, 0.2) is 28.7 Å². The first-order valence-corrected chi connectivity index (χ1v) is 7.51. The summed E-state index contributed by atoms with van der Waals surface area (Å²) in [6.45, 7) is 2.43. The van der Waals surface area contributed by atoms with Crippen molar-refractivity contribution in [3.63, 3.8) is 0 Å². The predicted octanol–water partition coefficient (Wildman–Crippen LogP) is 2.81. The second-order valence-corrected chi connectivity index (χ2v) is 6.39. The van der Waals surface area contributed by atoms with Crippen LogP contribution in [-0.2, 0) is 16.1 Å². The molecule has 108 valence electrons. The number of halogens is 1. The van der Waals surface area contributed by atoms with Crippen molar-refractivity contribution in [2.45, 2.75) is 26.3 Å². The Labute approximate surface area is 126 Å². The van der Waals surface area contributed by atoms with Gasteiger partial charge in [0.05, 0.1) is 11.8 Å². The largest absolute Gasteiger partial charge is 0.481 e. The van der Waals surface area contributed by atoms with E-state index in [-0.39, 0.29) is 5.91 Å². The number of aliphatic carboxylic acids is 1. The molecule has 0 bridgehead atoms. The van der Waals surface area contributed by atoms with Gasteiger partial charge in [-0.15, -0.1) is 0 Å². The van der Waals surface area contributed by atoms with Gasteiger partial charge in [0.15, 0.2) is 0 Å². The van der Waals surface area contributed by atoms with E-state index < -0.39 is 17.8 Å². The average molecular weight is 340 g/mol. The fraction of sp³-hybridized carbons (Fsp3) is 0.467. The van der Waals surface area contributed by atoms with Gasteiger partial charge in [0.2, 0.25) is 5.91 Å². The molecule has 0 saturated heterocycles. The molecule has 1 amide bonds. The molecule has 4 nitrogen and oxygen atoms in total. The molecule has 3 atom stereocenters. The molecule has 0 aliphatic heterocycles. The third-order valence-corrected chi connectivity index (χ3v) is 4.36. The lowest BCUT2D eigenvalue weighted by Crippen LogP contribution is -2.34. The Morgan fingerprint density at radius 1 is 1.25 bits per heavy atom. The lowest BCUT2D eigenvalue weighted by Gasteiger charge is -2.15. The van der Waals surface area contributed by atoms with E-state index in [9.17, 15) is 14.7 Å². The zero-order chi connectivity index (χ0) is 14.7. The topological polar surface area (TPSA) is 66.4 Å². The van der Waals surface area contributed by atoms with Crippen molar-refractivity contribution in [2.75, 3.05) is 0 Å². The van der Waals surface area contributed by atoms with E-state index >= 15 is 0 Å². The molecule has 1 aliphatic rings. The standard InChI is InChI=1S/C15H18BrNO3/c1-9-6-12(13(7-9)15(19)20)14(18)17-8-10-2-4-11(16)5-3-10/h2-5,9,12-13H,6-8H2,1H3,(H,17,18)(H,19,20). The molecule has 1 aromatic carbocycles. The summed E-state index contributed by atoms with van der Waals surface area (Å²) in [4.78, 5) is 23.4. The fourth-order valence-electron chi connectivity index (χ4n) is 2.78. The van der Waals surface area contributed by atoms with Crippen LogP contribution in [0, 0.1) is 17.8 Å². The minimum Gasteiger partial charge on any atom is -0.481 e. The maximum atomic E-state index is 12.2. The molecule has 20 heavy (non-hydrogen) atoms. The lowest BCUT2D eigenvalue weighted by atomic mass is 9.95. The Balaban J connectivity index is 1.94. The van der Waals surface area contributed by atoms with Crippen LogP contribution < -0.4 is 5.32 Å². The molecule has 0 aromatic heterocycles. The van der Waals surface area contributed by atoms with Crippen molar-refractivity contribution in [3.05, 3.63) is 34.3 Å². The smallest absolute Gasteiger partial charge is 0.307 e. The number of hydrogen-bond donors (Lipinski definition) is 2. The first-order chi connectivity index (χ1) is 9.47. The number of carboxylic acid groups (broad SMARTS) is 1. The first-order valence-electron chi connectivity index (χ1n) is 6.72. The normalized spacial score (nSPS) is 25.4. The van der Waals surface area contributed by atoms with Crippen molar-refractivity contribution in [1.29, 1.82) is 0 Å². The van der Waals surface area contributed by atoms with Crippen LogP contribution in [0.25, 0.3) is 0 Å². The highest BCUT2D eigenvalue weighted by atomic mass is 79.9. The van der Waals surface area contributed by atoms with Crippen LogP contribution in [0.5, 0.6) is 0 Å². The summed E-state index contributed by atoms with van der Waals surface area (Å²) < 4.78 is 0.989. The molecule has 0 radical (unpaired) electrons. The van der Waals surface area contributed by atoms with Crippen LogP contribution in [0.3, 0.4) is 0 Å². The lowest BCUT2D eigenvalue weighted by molar-refractivity contribution is -0.146. The molecule has 0 heterocycles. The average Bonchev–Trinajstić information content (AvgIpc) is 2.80. The van der Waals surface area contributed by atoms with Gasteiger partial charge in [0, 0.05) is 11.0 Å². The number of rotatable bonds is 4.